The van der Waals surface area contributed by atoms with Crippen LogP contribution in [-0.2, 0) is 4.79 Å². The van der Waals surface area contributed by atoms with Gasteiger partial charge in [-0.25, -0.2) is 4.68 Å². The third-order valence-corrected chi connectivity index (χ3v) is 6.04. The van der Waals surface area contributed by atoms with E-state index in [1.807, 2.05) is 30.0 Å². The van der Waals surface area contributed by atoms with E-state index < -0.39 is 0 Å². The maximum atomic E-state index is 12.7. The van der Waals surface area contributed by atoms with Gasteiger partial charge in [-0.3, -0.25) is 4.79 Å². The molecule has 6 nitrogen and oxygen atoms in total. The molecule has 1 fully saturated rings. The molecule has 0 unspecified atom stereocenters. The van der Waals surface area contributed by atoms with Crippen molar-refractivity contribution in [2.24, 2.45) is 0 Å². The van der Waals surface area contributed by atoms with E-state index in [1.165, 1.54) is 35.7 Å². The number of hydrogen-bond acceptors (Lipinski definition) is 5. The lowest BCUT2D eigenvalue weighted by Crippen LogP contribution is -2.42. The third kappa shape index (κ3) is 4.15. The highest BCUT2D eigenvalue weighted by Crippen LogP contribution is 2.28. The molecule has 1 aliphatic rings. The van der Waals surface area contributed by atoms with Crippen LogP contribution in [0.15, 0.2) is 29.4 Å². The minimum absolute atomic E-state index is 0.131. The number of nitrogens with two attached hydrogens (primary N) is 1. The summed E-state index contributed by atoms with van der Waals surface area (Å²) in [5.41, 5.74) is 0.722. The predicted molar refractivity (Wildman–Crippen MR) is 106 cm³/mol. The van der Waals surface area contributed by atoms with Gasteiger partial charge in [0.1, 0.15) is 0 Å². The van der Waals surface area contributed by atoms with E-state index in [0.29, 0.717) is 27.8 Å². The minimum atomic E-state index is 0.131. The fourth-order valence-electron chi connectivity index (χ4n) is 3.44. The van der Waals surface area contributed by atoms with E-state index >= 15 is 0 Å². The van der Waals surface area contributed by atoms with Gasteiger partial charge < -0.3 is 10.7 Å². The van der Waals surface area contributed by atoms with Gasteiger partial charge in [-0.05, 0) is 31.9 Å². The standard InChI is InChI=1S/C18H24ClN5OS/c1-2-23(13-8-4-3-5-9-13)16(25)12-26-18-22-21-17(24(18)20)14-10-6-7-11-15(14)19/h6-7,10-11,13H,2-5,8-9,12,20H2,1H3. The molecule has 0 radical (unpaired) electrons. The number of aromatic nitrogens is 3. The summed E-state index contributed by atoms with van der Waals surface area (Å²) in [5.74, 6) is 7.06. The fourth-order valence-corrected chi connectivity index (χ4v) is 4.40. The van der Waals surface area contributed by atoms with Gasteiger partial charge in [-0.1, -0.05) is 54.8 Å². The Hall–Kier alpha value is -1.73. The minimum Gasteiger partial charge on any atom is -0.339 e. The molecule has 0 spiro atoms. The fraction of sp³-hybridized carbons (Fsp3) is 0.500. The van der Waals surface area contributed by atoms with Crippen molar-refractivity contribution < 1.29 is 4.79 Å². The van der Waals surface area contributed by atoms with Crippen LogP contribution in [0.5, 0.6) is 0 Å². The number of thioether (sulfide) groups is 1. The molecular formula is C18H24ClN5OS. The summed E-state index contributed by atoms with van der Waals surface area (Å²) in [6.45, 7) is 2.78. The lowest BCUT2D eigenvalue weighted by Gasteiger charge is -2.33. The van der Waals surface area contributed by atoms with Gasteiger partial charge in [-0.15, -0.1) is 10.2 Å². The lowest BCUT2D eigenvalue weighted by atomic mass is 9.94. The maximum absolute atomic E-state index is 12.7. The van der Waals surface area contributed by atoms with Crippen molar-refractivity contribution in [1.82, 2.24) is 19.8 Å². The smallest absolute Gasteiger partial charge is 0.233 e. The normalized spacial score (nSPS) is 15.2. The van der Waals surface area contributed by atoms with Crippen LogP contribution in [-0.4, -0.2) is 44.0 Å². The van der Waals surface area contributed by atoms with Crippen molar-refractivity contribution in [2.75, 3.05) is 18.1 Å². The van der Waals surface area contributed by atoms with Crippen LogP contribution in [0, 0.1) is 0 Å². The van der Waals surface area contributed by atoms with Crippen molar-refractivity contribution in [3.63, 3.8) is 0 Å². The maximum Gasteiger partial charge on any atom is 0.233 e. The summed E-state index contributed by atoms with van der Waals surface area (Å²) in [7, 11) is 0. The molecule has 1 aliphatic carbocycles. The van der Waals surface area contributed by atoms with Crippen LogP contribution in [0.1, 0.15) is 39.0 Å². The quantitative estimate of drug-likeness (QED) is 0.599. The Morgan fingerprint density at radius 2 is 2.04 bits per heavy atom. The lowest BCUT2D eigenvalue weighted by molar-refractivity contribution is -0.131. The highest BCUT2D eigenvalue weighted by atomic mass is 35.5. The van der Waals surface area contributed by atoms with E-state index in [0.717, 1.165) is 24.9 Å². The van der Waals surface area contributed by atoms with Gasteiger partial charge in [-0.2, -0.15) is 0 Å². The number of carbonyl (C=O) groups is 1. The number of halogens is 1. The molecule has 26 heavy (non-hydrogen) atoms. The Kier molecular flexibility index (Phi) is 6.43. The van der Waals surface area contributed by atoms with E-state index in [2.05, 4.69) is 10.2 Å². The van der Waals surface area contributed by atoms with E-state index in [4.69, 9.17) is 17.4 Å². The highest BCUT2D eigenvalue weighted by molar-refractivity contribution is 7.99. The van der Waals surface area contributed by atoms with Crippen LogP contribution < -0.4 is 5.84 Å². The van der Waals surface area contributed by atoms with Crippen molar-refractivity contribution in [2.45, 2.75) is 50.2 Å². The zero-order valence-corrected chi connectivity index (χ0v) is 16.5. The van der Waals surface area contributed by atoms with Gasteiger partial charge in [0.05, 0.1) is 10.8 Å². The second-order valence-electron chi connectivity index (χ2n) is 6.42. The van der Waals surface area contributed by atoms with E-state index in [9.17, 15) is 4.79 Å². The number of amides is 1. The summed E-state index contributed by atoms with van der Waals surface area (Å²) in [5, 5.41) is 9.33. The monoisotopic (exact) mass is 393 g/mol. The second kappa shape index (κ2) is 8.77. The van der Waals surface area contributed by atoms with Gasteiger partial charge in [0.25, 0.3) is 0 Å². The number of rotatable bonds is 6. The second-order valence-corrected chi connectivity index (χ2v) is 7.77. The zero-order chi connectivity index (χ0) is 18.5. The molecule has 2 aromatic rings. The van der Waals surface area contributed by atoms with Crippen LogP contribution in [0.3, 0.4) is 0 Å². The predicted octanol–water partition coefficient (Wildman–Crippen LogP) is 3.59. The third-order valence-electron chi connectivity index (χ3n) is 4.78. The molecule has 3 rings (SSSR count). The first kappa shape index (κ1) is 19.0. The van der Waals surface area contributed by atoms with Crippen molar-refractivity contribution in [3.05, 3.63) is 29.3 Å². The molecule has 0 bridgehead atoms. The van der Waals surface area contributed by atoms with Gasteiger partial charge in [0, 0.05) is 18.2 Å². The van der Waals surface area contributed by atoms with Crippen LogP contribution in [0.4, 0.5) is 0 Å². The number of nitrogens with zero attached hydrogens (tertiary/aromatic N) is 4. The molecule has 1 aromatic carbocycles. The number of benzene rings is 1. The molecule has 0 aliphatic heterocycles. The number of nitrogen functional groups attached to an aromatic ring is 1. The topological polar surface area (TPSA) is 77.0 Å². The molecule has 1 heterocycles. The van der Waals surface area contributed by atoms with Gasteiger partial charge in [0.15, 0.2) is 5.82 Å². The van der Waals surface area contributed by atoms with Crippen LogP contribution in [0.2, 0.25) is 5.02 Å². The Morgan fingerprint density at radius 3 is 2.73 bits per heavy atom. The van der Waals surface area contributed by atoms with Gasteiger partial charge in [0.2, 0.25) is 11.1 Å². The van der Waals surface area contributed by atoms with E-state index in [-0.39, 0.29) is 5.91 Å². The first-order valence-corrected chi connectivity index (χ1v) is 10.4. The zero-order valence-electron chi connectivity index (χ0n) is 14.9. The Morgan fingerprint density at radius 1 is 1.31 bits per heavy atom. The Balaban J connectivity index is 1.66. The Labute approximate surface area is 163 Å². The van der Waals surface area contributed by atoms with Crippen molar-refractivity contribution >= 4 is 29.3 Å². The first-order chi connectivity index (χ1) is 12.6. The van der Waals surface area contributed by atoms with Crippen LogP contribution >= 0.6 is 23.4 Å². The summed E-state index contributed by atoms with van der Waals surface area (Å²) >= 11 is 7.52. The summed E-state index contributed by atoms with van der Waals surface area (Å²) in [6, 6.07) is 7.72. The Bertz CT molecular complexity index is 760. The average Bonchev–Trinajstić information content (AvgIpc) is 3.02. The average molecular weight is 394 g/mol. The summed E-state index contributed by atoms with van der Waals surface area (Å²) < 4.78 is 1.40. The van der Waals surface area contributed by atoms with Crippen molar-refractivity contribution in [1.29, 1.82) is 0 Å². The first-order valence-electron chi connectivity index (χ1n) is 8.99. The highest BCUT2D eigenvalue weighted by Gasteiger charge is 2.24. The summed E-state index contributed by atoms with van der Waals surface area (Å²) in [6.07, 6.45) is 5.90. The van der Waals surface area contributed by atoms with Crippen LogP contribution in [0.25, 0.3) is 11.4 Å². The molecule has 8 heteroatoms. The summed E-state index contributed by atoms with van der Waals surface area (Å²) in [4.78, 5) is 14.7. The van der Waals surface area contributed by atoms with Gasteiger partial charge >= 0.3 is 0 Å². The number of hydrogen-bond donors (Lipinski definition) is 1. The van der Waals surface area contributed by atoms with E-state index in [1.54, 1.807) is 6.07 Å². The number of carbonyl (C=O) groups excluding carboxylic acids is 1. The molecule has 0 atom stereocenters. The molecule has 140 valence electrons. The molecule has 1 amide bonds. The molecule has 1 saturated carbocycles. The van der Waals surface area contributed by atoms with Crippen molar-refractivity contribution in [3.8, 4) is 11.4 Å². The molecule has 2 N–H and O–H groups in total. The molecular weight excluding hydrogens is 370 g/mol. The molecule has 1 aromatic heterocycles. The SMILES string of the molecule is CCN(C(=O)CSc1nnc(-c2ccccc2Cl)n1N)C1CCCCC1. The largest absolute Gasteiger partial charge is 0.339 e. The molecule has 0 saturated heterocycles.